The molecule has 2 nitrogen and oxygen atoms in total. The Morgan fingerprint density at radius 1 is 0.297 bits per heavy atom. The number of nitrogens with zero attached hydrogens (tertiary/aromatic N) is 2. The molecular weight excluding hydrogens is 973 g/mol. The molecule has 0 saturated heterocycles. The van der Waals surface area contributed by atoms with E-state index >= 15 is 0 Å². The number of hydrogen-bond donors (Lipinski definition) is 0. The van der Waals surface area contributed by atoms with E-state index in [9.17, 15) is 0 Å². The van der Waals surface area contributed by atoms with Gasteiger partial charge in [-0.25, -0.2) is 0 Å². The van der Waals surface area contributed by atoms with Crippen LogP contribution in [0.15, 0.2) is 241 Å². The van der Waals surface area contributed by atoms with Gasteiger partial charge in [0, 0.05) is 106 Å². The van der Waals surface area contributed by atoms with Gasteiger partial charge in [-0.3, -0.25) is 0 Å². The summed E-state index contributed by atoms with van der Waals surface area (Å²) in [4.78, 5) is 2.55. The van der Waals surface area contributed by atoms with Crippen LogP contribution in [-0.4, -0.2) is 9.13 Å². The molecule has 0 radical (unpaired) electrons. The Balaban J connectivity index is 1.17. The first-order valence-corrected chi connectivity index (χ1v) is 28.4. The van der Waals surface area contributed by atoms with Gasteiger partial charge in [-0.15, -0.1) is 45.3 Å². The number of thiophene rings is 2. The van der Waals surface area contributed by atoms with Crippen molar-refractivity contribution in [3.63, 3.8) is 0 Å². The van der Waals surface area contributed by atoms with E-state index in [4.69, 9.17) is 0 Å². The van der Waals surface area contributed by atoms with Crippen LogP contribution in [0.2, 0.25) is 0 Å². The van der Waals surface area contributed by atoms with Gasteiger partial charge in [-0.05, 0) is 93.7 Å². The van der Waals surface area contributed by atoms with E-state index < -0.39 is 0 Å². The molecule has 346 valence electrons. The molecule has 0 spiro atoms. The predicted molar refractivity (Wildman–Crippen MR) is 322 cm³/mol. The number of aromatic nitrogens is 2. The highest BCUT2D eigenvalue weighted by Crippen LogP contribution is 2.60. The lowest BCUT2D eigenvalue weighted by atomic mass is 9.87. The molecule has 0 N–H and O–H groups in total. The van der Waals surface area contributed by atoms with Crippen LogP contribution in [-0.2, 0) is 0 Å². The van der Waals surface area contributed by atoms with E-state index in [2.05, 4.69) is 250 Å². The zero-order valence-electron chi connectivity index (χ0n) is 39.6. The molecule has 0 atom stereocenters. The third kappa shape index (κ3) is 6.14. The Labute approximate surface area is 442 Å². The van der Waals surface area contributed by atoms with Gasteiger partial charge in [0.1, 0.15) is 0 Å². The van der Waals surface area contributed by atoms with Crippen LogP contribution in [0.5, 0.6) is 0 Å². The Kier molecular flexibility index (Phi) is 9.45. The summed E-state index contributed by atoms with van der Waals surface area (Å²) in [5.74, 6) is 0. The predicted octanol–water partition coefficient (Wildman–Crippen LogP) is 21.0. The molecule has 0 fully saturated rings. The van der Waals surface area contributed by atoms with Crippen LogP contribution in [0.25, 0.3) is 150 Å². The summed E-state index contributed by atoms with van der Waals surface area (Å²) in [6, 6.07) is 85.6. The molecule has 6 heterocycles. The Morgan fingerprint density at radius 2 is 0.649 bits per heavy atom. The normalized spacial score (nSPS) is 12.1. The molecular formula is C68H40N2S4. The molecule has 16 rings (SSSR count). The molecule has 0 bridgehead atoms. The average Bonchev–Trinajstić information content (AvgIpc) is 4.37. The highest BCUT2D eigenvalue weighted by Gasteiger charge is 2.33. The second-order valence-corrected chi connectivity index (χ2v) is 23.1. The van der Waals surface area contributed by atoms with Crippen LogP contribution in [0.3, 0.4) is 0 Å². The van der Waals surface area contributed by atoms with Crippen molar-refractivity contribution in [2.24, 2.45) is 0 Å². The third-order valence-corrected chi connectivity index (χ3v) is 19.2. The summed E-state index contributed by atoms with van der Waals surface area (Å²) in [5.41, 5.74) is 19.7. The SMILES string of the molecule is c1ccc(-c2c(-c3ccccc3)n(-c3ccccc3)c3c2cc2sc4c(-c5cccs5)cc5c6c4-c4c(sc6cc6c(-c7ccccc7)c(-c7ccccc7)n(-c7ccccc7)c65)c(-c5cccs5)cc3c42)cc1. The van der Waals surface area contributed by atoms with Gasteiger partial charge in [0.05, 0.1) is 22.4 Å². The second kappa shape index (κ2) is 16.6. The molecule has 14 aromatic rings. The van der Waals surface area contributed by atoms with Gasteiger partial charge in [0.15, 0.2) is 0 Å². The Bertz CT molecular complexity index is 4400. The van der Waals surface area contributed by atoms with Crippen molar-refractivity contribution in [3.05, 3.63) is 241 Å². The van der Waals surface area contributed by atoms with Crippen molar-refractivity contribution in [1.82, 2.24) is 9.13 Å². The number of hydrogen-bond acceptors (Lipinski definition) is 4. The maximum Gasteiger partial charge on any atom is 0.0621 e. The number of para-hydroxylation sites is 2. The first kappa shape index (κ1) is 42.2. The summed E-state index contributed by atoms with van der Waals surface area (Å²) in [7, 11) is 0. The molecule has 0 unspecified atom stereocenters. The Morgan fingerprint density at radius 3 is 1.00 bits per heavy atom. The standard InChI is InChI=1S/C68H40N2S4/c1-7-21-41(22-8-1)57-51-39-55-59-49(65(51)69(45-29-15-5-16-30-45)63(57)43-25-11-3-12-26-43)37-47(53-33-19-35-71-53)68-61(59)62-60-50(38-48(67(62)73-55)54-34-20-36-72-54)66-52(40-56(60)74-68)58(42-23-9-2-10-24-42)64(44-27-13-4-14-28-44)70(66)46-31-17-6-18-32-46/h1-40H. The van der Waals surface area contributed by atoms with Crippen molar-refractivity contribution in [2.45, 2.75) is 0 Å². The molecule has 6 heteroatoms. The molecule has 10 aromatic carbocycles. The topological polar surface area (TPSA) is 9.86 Å². The second-order valence-electron chi connectivity index (χ2n) is 19.1. The third-order valence-electron chi connectivity index (χ3n) is 15.0. The van der Waals surface area contributed by atoms with Crippen LogP contribution in [0.4, 0.5) is 0 Å². The van der Waals surface area contributed by atoms with Gasteiger partial charge >= 0.3 is 0 Å². The van der Waals surface area contributed by atoms with E-state index in [0.29, 0.717) is 0 Å². The first-order chi connectivity index (χ1) is 36.8. The monoisotopic (exact) mass is 1010 g/mol. The molecule has 2 aliphatic heterocycles. The average molecular weight is 1010 g/mol. The largest absolute Gasteiger partial charge is 0.308 e. The maximum atomic E-state index is 2.57. The zero-order chi connectivity index (χ0) is 48.4. The fourth-order valence-electron chi connectivity index (χ4n) is 12.1. The summed E-state index contributed by atoms with van der Waals surface area (Å²) < 4.78 is 10.4. The molecule has 4 aromatic heterocycles. The molecule has 0 aliphatic carbocycles. The van der Waals surface area contributed by atoms with Crippen molar-refractivity contribution in [2.75, 3.05) is 0 Å². The lowest BCUT2D eigenvalue weighted by Crippen LogP contribution is -2.00. The van der Waals surface area contributed by atoms with E-state index in [1.807, 2.05) is 45.3 Å². The van der Waals surface area contributed by atoms with E-state index in [0.717, 1.165) is 11.4 Å². The van der Waals surface area contributed by atoms with Crippen molar-refractivity contribution in [1.29, 1.82) is 0 Å². The van der Waals surface area contributed by atoms with Gasteiger partial charge in [0.2, 0.25) is 0 Å². The summed E-state index contributed by atoms with van der Waals surface area (Å²) in [6.07, 6.45) is 0. The van der Waals surface area contributed by atoms with Crippen LogP contribution >= 0.6 is 45.3 Å². The van der Waals surface area contributed by atoms with Gasteiger partial charge in [-0.1, -0.05) is 170 Å². The van der Waals surface area contributed by atoms with E-state index in [1.54, 1.807) is 0 Å². The zero-order valence-corrected chi connectivity index (χ0v) is 42.9. The van der Waals surface area contributed by atoms with Gasteiger partial charge in [-0.2, -0.15) is 0 Å². The Hall–Kier alpha value is -8.36. The van der Waals surface area contributed by atoms with Crippen molar-refractivity contribution < 1.29 is 0 Å². The minimum atomic E-state index is 1.14. The molecule has 0 saturated carbocycles. The van der Waals surface area contributed by atoms with Crippen molar-refractivity contribution >= 4 is 107 Å². The van der Waals surface area contributed by atoms with Crippen LogP contribution < -0.4 is 0 Å². The lowest BCUT2D eigenvalue weighted by Gasteiger charge is -2.25. The van der Waals surface area contributed by atoms with E-state index in [1.165, 1.54) is 139 Å². The minimum absolute atomic E-state index is 1.14. The molecule has 74 heavy (non-hydrogen) atoms. The van der Waals surface area contributed by atoms with Gasteiger partial charge < -0.3 is 9.13 Å². The summed E-state index contributed by atoms with van der Waals surface area (Å²) in [6.45, 7) is 0. The molecule has 2 aliphatic rings. The summed E-state index contributed by atoms with van der Waals surface area (Å²) in [5, 5.41) is 12.2. The quantitative estimate of drug-likeness (QED) is 0.106. The van der Waals surface area contributed by atoms with Crippen LogP contribution in [0, 0.1) is 0 Å². The van der Waals surface area contributed by atoms with Crippen LogP contribution in [0.1, 0.15) is 0 Å². The van der Waals surface area contributed by atoms with E-state index in [-0.39, 0.29) is 0 Å². The highest BCUT2D eigenvalue weighted by molar-refractivity contribution is 7.28. The van der Waals surface area contributed by atoms with Gasteiger partial charge in [0.25, 0.3) is 0 Å². The maximum absolute atomic E-state index is 2.57. The minimum Gasteiger partial charge on any atom is -0.308 e. The smallest absolute Gasteiger partial charge is 0.0621 e. The first-order valence-electron chi connectivity index (χ1n) is 25.0. The summed E-state index contributed by atoms with van der Waals surface area (Å²) >= 11 is 7.61. The fourth-order valence-corrected chi connectivity index (χ4v) is 16.3. The van der Waals surface area contributed by atoms with Crippen molar-refractivity contribution in [3.8, 4) is 88.2 Å². The number of benzene rings is 10. The number of fused-ring (bicyclic) bond motifs is 4. The molecule has 0 amide bonds. The lowest BCUT2D eigenvalue weighted by molar-refractivity contribution is 1.14. The fraction of sp³-hybridized carbons (Fsp3) is 0. The number of rotatable bonds is 8. The highest BCUT2D eigenvalue weighted by atomic mass is 32.1.